The molecule has 2 aromatic heterocycles. The summed E-state index contributed by atoms with van der Waals surface area (Å²) in [5.41, 5.74) is 2.03. The van der Waals surface area contributed by atoms with Gasteiger partial charge < -0.3 is 15.1 Å². The highest BCUT2D eigenvalue weighted by Crippen LogP contribution is 2.30. The summed E-state index contributed by atoms with van der Waals surface area (Å²) in [6, 6.07) is 8.14. The van der Waals surface area contributed by atoms with Crippen LogP contribution in [0.25, 0.3) is 10.3 Å². The van der Waals surface area contributed by atoms with Crippen LogP contribution in [0.1, 0.15) is 38.2 Å². The Balaban J connectivity index is 1.28. The normalized spacial score (nSPS) is 16.5. The van der Waals surface area contributed by atoms with Crippen LogP contribution in [0, 0.1) is 12.8 Å². The topological polar surface area (TPSA) is 100 Å². The number of carbonyl (C=O) groups is 2. The highest BCUT2D eigenvalue weighted by molar-refractivity contribution is 7.22. The number of aromatic nitrogens is 3. The van der Waals surface area contributed by atoms with Crippen LogP contribution in [0.3, 0.4) is 0 Å². The molecule has 5 rings (SSSR count). The molecule has 9 nitrogen and oxygen atoms in total. The van der Waals surface area contributed by atoms with E-state index in [-0.39, 0.29) is 29.8 Å². The monoisotopic (exact) mass is 494 g/mol. The first-order valence-corrected chi connectivity index (χ1v) is 13.0. The lowest BCUT2D eigenvalue weighted by molar-refractivity contribution is -0.125. The van der Waals surface area contributed by atoms with Crippen molar-refractivity contribution in [2.75, 3.05) is 29.4 Å². The average Bonchev–Trinajstić information content (AvgIpc) is 3.56. The third kappa shape index (κ3) is 5.07. The van der Waals surface area contributed by atoms with Crippen LogP contribution in [-0.4, -0.2) is 52.0 Å². The van der Waals surface area contributed by atoms with Crippen molar-refractivity contribution in [3.8, 4) is 0 Å². The molecule has 0 spiro atoms. The summed E-state index contributed by atoms with van der Waals surface area (Å²) < 4.78 is 1.81. The van der Waals surface area contributed by atoms with Crippen molar-refractivity contribution in [2.45, 2.75) is 52.1 Å². The molecule has 1 saturated carbocycles. The largest absolute Gasteiger partial charge is 0.353 e. The Labute approximate surface area is 207 Å². The number of nitrogens with one attached hydrogen (secondary N) is 1. The summed E-state index contributed by atoms with van der Waals surface area (Å²) in [5, 5.41) is 3.84. The second-order valence-corrected chi connectivity index (χ2v) is 10.3. The molecule has 3 aromatic rings. The third-order valence-electron chi connectivity index (χ3n) is 6.67. The Bertz CT molecular complexity index is 1310. The maximum atomic E-state index is 13.2. The zero-order valence-electron chi connectivity index (χ0n) is 20.1. The van der Waals surface area contributed by atoms with E-state index in [0.29, 0.717) is 22.9 Å². The molecule has 2 aliphatic rings. The van der Waals surface area contributed by atoms with Gasteiger partial charge in [-0.15, -0.1) is 0 Å². The van der Waals surface area contributed by atoms with Crippen LogP contribution < -0.4 is 20.7 Å². The van der Waals surface area contributed by atoms with Crippen molar-refractivity contribution >= 4 is 44.3 Å². The summed E-state index contributed by atoms with van der Waals surface area (Å²) >= 11 is 1.31. The average molecular weight is 495 g/mol. The molecule has 0 bridgehead atoms. The molecule has 184 valence electrons. The van der Waals surface area contributed by atoms with E-state index in [4.69, 9.17) is 0 Å². The first kappa shape index (κ1) is 23.5. The van der Waals surface area contributed by atoms with Crippen molar-refractivity contribution in [1.29, 1.82) is 0 Å². The predicted octanol–water partition coefficient (Wildman–Crippen LogP) is 2.71. The third-order valence-corrected chi connectivity index (χ3v) is 7.76. The maximum absolute atomic E-state index is 13.2. The first-order valence-electron chi connectivity index (χ1n) is 12.2. The standard InChI is InChI=1S/C25H30N6O3S/c1-3-31(19-6-4-5-16(2)13-19)20(32)14-30-15-26-22-21(24(30)34)35-25(28-22)29-11-9-17(10-12-29)23(33)27-18-7-8-18/h4-6,13,15,17-18H,3,7-12,14H2,1-2H3,(H,27,33). The van der Waals surface area contributed by atoms with E-state index in [9.17, 15) is 14.4 Å². The first-order chi connectivity index (χ1) is 16.9. The molecular weight excluding hydrogens is 464 g/mol. The van der Waals surface area contributed by atoms with Crippen molar-refractivity contribution in [3.63, 3.8) is 0 Å². The minimum Gasteiger partial charge on any atom is -0.353 e. The molecule has 0 atom stereocenters. The fraction of sp³-hybridized carbons (Fsp3) is 0.480. The molecule has 3 heterocycles. The number of rotatable bonds is 7. The predicted molar refractivity (Wildman–Crippen MR) is 137 cm³/mol. The number of hydrogen-bond acceptors (Lipinski definition) is 7. The van der Waals surface area contributed by atoms with E-state index in [1.54, 1.807) is 4.90 Å². The van der Waals surface area contributed by atoms with Gasteiger partial charge in [-0.3, -0.25) is 19.0 Å². The Morgan fingerprint density at radius 3 is 2.66 bits per heavy atom. The zero-order valence-corrected chi connectivity index (χ0v) is 20.9. The quantitative estimate of drug-likeness (QED) is 0.542. The van der Waals surface area contributed by atoms with Crippen LogP contribution >= 0.6 is 11.3 Å². The Morgan fingerprint density at radius 1 is 1.20 bits per heavy atom. The van der Waals surface area contributed by atoms with Gasteiger partial charge >= 0.3 is 0 Å². The van der Waals surface area contributed by atoms with Gasteiger partial charge in [0, 0.05) is 37.3 Å². The molecule has 0 unspecified atom stereocenters. The molecule has 1 N–H and O–H groups in total. The lowest BCUT2D eigenvalue weighted by Gasteiger charge is -2.30. The van der Waals surface area contributed by atoms with Crippen LogP contribution in [-0.2, 0) is 16.1 Å². The number of benzene rings is 1. The van der Waals surface area contributed by atoms with E-state index in [0.717, 1.165) is 55.2 Å². The fourth-order valence-corrected chi connectivity index (χ4v) is 5.51. The second kappa shape index (κ2) is 9.77. The van der Waals surface area contributed by atoms with Crippen molar-refractivity contribution in [1.82, 2.24) is 19.9 Å². The molecule has 1 aliphatic carbocycles. The molecule has 35 heavy (non-hydrogen) atoms. The molecule has 2 amide bonds. The van der Waals surface area contributed by atoms with Gasteiger partial charge in [-0.05, 0) is 57.2 Å². The van der Waals surface area contributed by atoms with Crippen molar-refractivity contribution in [3.05, 3.63) is 46.5 Å². The smallest absolute Gasteiger partial charge is 0.273 e. The lowest BCUT2D eigenvalue weighted by Crippen LogP contribution is -2.41. The van der Waals surface area contributed by atoms with Gasteiger partial charge in [0.25, 0.3) is 5.56 Å². The van der Waals surface area contributed by atoms with Gasteiger partial charge in [0.2, 0.25) is 11.8 Å². The summed E-state index contributed by atoms with van der Waals surface area (Å²) in [4.78, 5) is 51.3. The summed E-state index contributed by atoms with van der Waals surface area (Å²) in [6.45, 7) is 5.76. The molecule has 1 aromatic carbocycles. The van der Waals surface area contributed by atoms with Gasteiger partial charge in [0.1, 0.15) is 17.6 Å². The number of likely N-dealkylation sites (N-methyl/N-ethyl adjacent to an activating group) is 1. The maximum Gasteiger partial charge on any atom is 0.273 e. The van der Waals surface area contributed by atoms with E-state index < -0.39 is 0 Å². The number of thiazole rings is 1. The molecule has 1 saturated heterocycles. The second-order valence-electron chi connectivity index (χ2n) is 9.35. The van der Waals surface area contributed by atoms with Crippen LogP contribution in [0.4, 0.5) is 10.8 Å². The Kier molecular flexibility index (Phi) is 6.55. The molecular formula is C25H30N6O3S. The number of hydrogen-bond donors (Lipinski definition) is 1. The Morgan fingerprint density at radius 2 is 1.97 bits per heavy atom. The van der Waals surface area contributed by atoms with Gasteiger partial charge in [-0.1, -0.05) is 23.5 Å². The summed E-state index contributed by atoms with van der Waals surface area (Å²) in [7, 11) is 0. The van der Waals surface area contributed by atoms with Gasteiger partial charge in [-0.25, -0.2) is 4.98 Å². The van der Waals surface area contributed by atoms with Crippen molar-refractivity contribution < 1.29 is 9.59 Å². The molecule has 0 radical (unpaired) electrons. The van der Waals surface area contributed by atoms with Crippen LogP contribution in [0.2, 0.25) is 0 Å². The molecule has 2 fully saturated rings. The number of nitrogens with zero attached hydrogens (tertiary/aromatic N) is 5. The van der Waals surface area contributed by atoms with Crippen LogP contribution in [0.5, 0.6) is 0 Å². The van der Waals surface area contributed by atoms with Gasteiger partial charge in [0.15, 0.2) is 10.8 Å². The number of anilines is 2. The number of piperidine rings is 1. The highest BCUT2D eigenvalue weighted by Gasteiger charge is 2.31. The van der Waals surface area contributed by atoms with Crippen LogP contribution in [0.15, 0.2) is 35.4 Å². The SMILES string of the molecule is CCN(C(=O)Cn1cnc2nc(N3CCC(C(=O)NC4CC4)CC3)sc2c1=O)c1cccc(C)c1. The number of aryl methyl sites for hydroxylation is 1. The number of amides is 2. The summed E-state index contributed by atoms with van der Waals surface area (Å²) in [5.74, 6) is 0.0348. The Hall–Kier alpha value is -3.27. The number of carbonyl (C=O) groups excluding carboxylic acids is 2. The zero-order chi connectivity index (χ0) is 24.5. The van der Waals surface area contributed by atoms with E-state index in [1.807, 2.05) is 38.1 Å². The van der Waals surface area contributed by atoms with Gasteiger partial charge in [0.05, 0.1) is 0 Å². The van der Waals surface area contributed by atoms with E-state index >= 15 is 0 Å². The summed E-state index contributed by atoms with van der Waals surface area (Å²) in [6.07, 6.45) is 5.13. The molecule has 1 aliphatic heterocycles. The van der Waals surface area contributed by atoms with E-state index in [2.05, 4.69) is 20.2 Å². The van der Waals surface area contributed by atoms with Gasteiger partial charge in [-0.2, -0.15) is 4.98 Å². The lowest BCUT2D eigenvalue weighted by atomic mass is 9.96. The fourth-order valence-electron chi connectivity index (χ4n) is 4.49. The minimum absolute atomic E-state index is 0.0394. The highest BCUT2D eigenvalue weighted by atomic mass is 32.1. The van der Waals surface area contributed by atoms with E-state index in [1.165, 1.54) is 22.2 Å². The van der Waals surface area contributed by atoms with Crippen molar-refractivity contribution in [2.24, 2.45) is 5.92 Å². The minimum atomic E-state index is -0.258. The molecule has 10 heteroatoms. The number of fused-ring (bicyclic) bond motifs is 1.